The van der Waals surface area contributed by atoms with Crippen molar-refractivity contribution in [3.63, 3.8) is 0 Å². The maximum atomic E-state index is 13.7. The molecule has 3 aromatic rings. The molecule has 0 aliphatic heterocycles. The second-order valence-corrected chi connectivity index (χ2v) is 5.08. The Kier molecular flexibility index (Phi) is 4.90. The van der Waals surface area contributed by atoms with Crippen LogP contribution in [-0.4, -0.2) is 21.1 Å². The van der Waals surface area contributed by atoms with Gasteiger partial charge < -0.3 is 9.73 Å². The number of carbonyl (C=O) groups excluding carboxylic acids is 1. The predicted octanol–water partition coefficient (Wildman–Crippen LogP) is 2.52. The number of aromatic nitrogens is 3. The molecule has 1 aromatic carbocycles. The van der Waals surface area contributed by atoms with Gasteiger partial charge in [-0.2, -0.15) is 0 Å². The fraction of sp³-hybridized carbons (Fsp3) is 0.176. The van der Waals surface area contributed by atoms with Crippen LogP contribution in [0.3, 0.4) is 0 Å². The zero-order chi connectivity index (χ0) is 16.8. The summed E-state index contributed by atoms with van der Waals surface area (Å²) in [4.78, 5) is 16.0. The van der Waals surface area contributed by atoms with Gasteiger partial charge in [0.05, 0.1) is 17.8 Å². The third-order valence-corrected chi connectivity index (χ3v) is 3.33. The summed E-state index contributed by atoms with van der Waals surface area (Å²) in [7, 11) is 0. The molecule has 0 saturated carbocycles. The number of hydrogen-bond acceptors (Lipinski definition) is 5. The molecule has 0 bridgehead atoms. The van der Waals surface area contributed by atoms with Gasteiger partial charge in [0.25, 0.3) is 5.89 Å². The Morgan fingerprint density at radius 3 is 2.75 bits per heavy atom. The van der Waals surface area contributed by atoms with E-state index in [1.165, 1.54) is 6.07 Å². The second-order valence-electron chi connectivity index (χ2n) is 5.08. The van der Waals surface area contributed by atoms with Crippen molar-refractivity contribution in [3.8, 4) is 11.5 Å². The van der Waals surface area contributed by atoms with Crippen LogP contribution in [0.1, 0.15) is 18.0 Å². The zero-order valence-corrected chi connectivity index (χ0v) is 12.8. The second kappa shape index (κ2) is 7.45. The van der Waals surface area contributed by atoms with Crippen LogP contribution < -0.4 is 5.32 Å². The van der Waals surface area contributed by atoms with Crippen molar-refractivity contribution < 1.29 is 13.6 Å². The van der Waals surface area contributed by atoms with E-state index in [2.05, 4.69) is 20.5 Å². The van der Waals surface area contributed by atoms with Gasteiger partial charge in [0.2, 0.25) is 11.8 Å². The number of halogens is 1. The van der Waals surface area contributed by atoms with Crippen molar-refractivity contribution in [2.24, 2.45) is 0 Å². The summed E-state index contributed by atoms with van der Waals surface area (Å²) >= 11 is 0. The molecule has 0 spiro atoms. The van der Waals surface area contributed by atoms with Crippen molar-refractivity contribution >= 4 is 5.91 Å². The van der Waals surface area contributed by atoms with Gasteiger partial charge in [0.15, 0.2) is 0 Å². The van der Waals surface area contributed by atoms with Crippen molar-refractivity contribution in [3.05, 3.63) is 66.1 Å². The smallest absolute Gasteiger partial charge is 0.250 e. The lowest BCUT2D eigenvalue weighted by Gasteiger charge is -2.03. The van der Waals surface area contributed by atoms with Crippen LogP contribution in [0.5, 0.6) is 0 Å². The van der Waals surface area contributed by atoms with E-state index in [4.69, 9.17) is 4.42 Å². The summed E-state index contributed by atoms with van der Waals surface area (Å²) in [6.45, 7) is 0.365. The molecule has 1 amide bonds. The van der Waals surface area contributed by atoms with Crippen LogP contribution in [0.15, 0.2) is 53.1 Å². The number of hydrogen-bond donors (Lipinski definition) is 1. The average molecular weight is 326 g/mol. The van der Waals surface area contributed by atoms with Crippen LogP contribution in [0.25, 0.3) is 11.5 Å². The topological polar surface area (TPSA) is 80.9 Å². The molecule has 122 valence electrons. The van der Waals surface area contributed by atoms with Crippen molar-refractivity contribution in [1.82, 2.24) is 20.5 Å². The van der Waals surface area contributed by atoms with E-state index in [-0.39, 0.29) is 30.2 Å². The van der Waals surface area contributed by atoms with Crippen molar-refractivity contribution in [1.29, 1.82) is 0 Å². The number of rotatable bonds is 6. The summed E-state index contributed by atoms with van der Waals surface area (Å²) < 4.78 is 19.1. The predicted molar refractivity (Wildman–Crippen MR) is 84.1 cm³/mol. The summed E-state index contributed by atoms with van der Waals surface area (Å²) in [5.41, 5.74) is 1.03. The quantitative estimate of drug-likeness (QED) is 0.753. The number of nitrogens with zero attached hydrogens (tertiary/aromatic N) is 3. The SMILES string of the molecule is O=C(CCc1nnc(-c2ccccc2F)o1)NCc1ccccn1. The van der Waals surface area contributed by atoms with Crippen LogP contribution in [0.4, 0.5) is 4.39 Å². The van der Waals surface area contributed by atoms with Gasteiger partial charge in [0.1, 0.15) is 5.82 Å². The van der Waals surface area contributed by atoms with Crippen molar-refractivity contribution in [2.75, 3.05) is 0 Å². The third-order valence-electron chi connectivity index (χ3n) is 3.33. The summed E-state index contributed by atoms with van der Waals surface area (Å²) in [5, 5.41) is 10.4. The highest BCUT2D eigenvalue weighted by Gasteiger charge is 2.13. The Morgan fingerprint density at radius 2 is 1.96 bits per heavy atom. The summed E-state index contributed by atoms with van der Waals surface area (Å²) in [6.07, 6.45) is 2.16. The number of benzene rings is 1. The summed E-state index contributed by atoms with van der Waals surface area (Å²) in [6, 6.07) is 11.7. The van der Waals surface area contributed by atoms with Gasteiger partial charge in [-0.1, -0.05) is 18.2 Å². The molecule has 0 aliphatic carbocycles. The number of carbonyl (C=O) groups is 1. The average Bonchev–Trinajstić information content (AvgIpc) is 3.08. The molecule has 0 saturated heterocycles. The van der Waals surface area contributed by atoms with E-state index in [9.17, 15) is 9.18 Å². The maximum absolute atomic E-state index is 13.7. The first-order valence-electron chi connectivity index (χ1n) is 7.46. The van der Waals surface area contributed by atoms with Gasteiger partial charge in [-0.3, -0.25) is 9.78 Å². The number of amides is 1. The van der Waals surface area contributed by atoms with Gasteiger partial charge in [-0.05, 0) is 24.3 Å². The standard InChI is InChI=1S/C17H15FN4O2/c18-14-7-2-1-6-13(14)17-22-21-16(24-17)9-8-15(23)20-11-12-5-3-4-10-19-12/h1-7,10H,8-9,11H2,(H,20,23). The van der Waals surface area contributed by atoms with E-state index in [0.29, 0.717) is 12.4 Å². The minimum absolute atomic E-state index is 0.108. The van der Waals surface area contributed by atoms with E-state index in [1.54, 1.807) is 24.4 Å². The highest BCUT2D eigenvalue weighted by Crippen LogP contribution is 2.21. The molecule has 0 aliphatic rings. The highest BCUT2D eigenvalue weighted by atomic mass is 19.1. The first kappa shape index (κ1) is 15.8. The van der Waals surface area contributed by atoms with Gasteiger partial charge >= 0.3 is 0 Å². The minimum Gasteiger partial charge on any atom is -0.421 e. The molecule has 0 radical (unpaired) electrons. The Labute approximate surface area is 137 Å². The zero-order valence-electron chi connectivity index (χ0n) is 12.8. The Balaban J connectivity index is 1.52. The highest BCUT2D eigenvalue weighted by molar-refractivity contribution is 5.75. The molecule has 0 fully saturated rings. The Bertz CT molecular complexity index is 820. The molecule has 2 heterocycles. The lowest BCUT2D eigenvalue weighted by atomic mass is 10.2. The van der Waals surface area contributed by atoms with Gasteiger partial charge in [0, 0.05) is 19.0 Å². The maximum Gasteiger partial charge on any atom is 0.250 e. The Morgan fingerprint density at radius 1 is 1.12 bits per heavy atom. The van der Waals surface area contributed by atoms with E-state index < -0.39 is 5.82 Å². The molecule has 0 atom stereocenters. The van der Waals surface area contributed by atoms with Gasteiger partial charge in [-0.15, -0.1) is 10.2 Å². The minimum atomic E-state index is -0.430. The third kappa shape index (κ3) is 4.01. The molecule has 0 unspecified atom stereocenters. The lowest BCUT2D eigenvalue weighted by Crippen LogP contribution is -2.23. The molecule has 3 rings (SSSR count). The largest absolute Gasteiger partial charge is 0.421 e. The fourth-order valence-electron chi connectivity index (χ4n) is 2.10. The number of nitrogens with one attached hydrogen (secondary N) is 1. The van der Waals surface area contributed by atoms with E-state index in [0.717, 1.165) is 5.69 Å². The van der Waals surface area contributed by atoms with Crippen molar-refractivity contribution in [2.45, 2.75) is 19.4 Å². The van der Waals surface area contributed by atoms with E-state index >= 15 is 0 Å². The molecule has 2 aromatic heterocycles. The normalized spacial score (nSPS) is 10.5. The molecule has 6 nitrogen and oxygen atoms in total. The van der Waals surface area contributed by atoms with Crippen LogP contribution >= 0.6 is 0 Å². The lowest BCUT2D eigenvalue weighted by molar-refractivity contribution is -0.121. The van der Waals surface area contributed by atoms with Crippen LogP contribution in [0, 0.1) is 5.82 Å². The van der Waals surface area contributed by atoms with Gasteiger partial charge in [-0.25, -0.2) is 4.39 Å². The summed E-state index contributed by atoms with van der Waals surface area (Å²) in [5.74, 6) is -0.176. The first-order chi connectivity index (χ1) is 11.7. The molecular weight excluding hydrogens is 311 g/mol. The monoisotopic (exact) mass is 326 g/mol. The molecule has 7 heteroatoms. The molecule has 1 N–H and O–H groups in total. The van der Waals surface area contributed by atoms with E-state index in [1.807, 2.05) is 18.2 Å². The van der Waals surface area contributed by atoms with Crippen LogP contribution in [-0.2, 0) is 17.8 Å². The van der Waals surface area contributed by atoms with Crippen LogP contribution in [0.2, 0.25) is 0 Å². The number of pyridine rings is 1. The number of aryl methyl sites for hydroxylation is 1. The molecular formula is C17H15FN4O2. The first-order valence-corrected chi connectivity index (χ1v) is 7.46. The fourth-order valence-corrected chi connectivity index (χ4v) is 2.10. The Hall–Kier alpha value is -3.09. The molecule has 24 heavy (non-hydrogen) atoms.